The monoisotopic (exact) mass is 394 g/mol. The second-order valence-electron chi connectivity index (χ2n) is 6.69. The zero-order valence-corrected chi connectivity index (χ0v) is 16.3. The van der Waals surface area contributed by atoms with Crippen LogP contribution in [0.4, 0.5) is 0 Å². The predicted molar refractivity (Wildman–Crippen MR) is 106 cm³/mol. The molecule has 2 aromatic carbocycles. The Hall–Kier alpha value is -3.55. The summed E-state index contributed by atoms with van der Waals surface area (Å²) in [6.07, 6.45) is 4.87. The molecule has 8 nitrogen and oxygen atoms in total. The van der Waals surface area contributed by atoms with Gasteiger partial charge in [0.25, 0.3) is 5.91 Å². The number of amides is 1. The third kappa shape index (κ3) is 3.87. The van der Waals surface area contributed by atoms with Crippen molar-refractivity contribution in [2.24, 2.45) is 0 Å². The fourth-order valence-corrected chi connectivity index (χ4v) is 3.58. The minimum Gasteiger partial charge on any atom is -0.493 e. The van der Waals surface area contributed by atoms with Crippen LogP contribution in [0.15, 0.2) is 49.1 Å². The van der Waals surface area contributed by atoms with Crippen LogP contribution in [-0.2, 0) is 11.2 Å². The summed E-state index contributed by atoms with van der Waals surface area (Å²) < 4.78 is 18.3. The van der Waals surface area contributed by atoms with Crippen molar-refractivity contribution in [1.82, 2.24) is 20.1 Å². The van der Waals surface area contributed by atoms with E-state index in [1.807, 2.05) is 36.4 Å². The van der Waals surface area contributed by atoms with E-state index >= 15 is 0 Å². The molecule has 8 heteroatoms. The van der Waals surface area contributed by atoms with E-state index in [4.69, 9.17) is 14.2 Å². The van der Waals surface area contributed by atoms with Gasteiger partial charge in [-0.3, -0.25) is 9.36 Å². The molecule has 1 aromatic heterocycles. The van der Waals surface area contributed by atoms with Gasteiger partial charge in [0, 0.05) is 0 Å². The van der Waals surface area contributed by atoms with Gasteiger partial charge >= 0.3 is 0 Å². The van der Waals surface area contributed by atoms with Crippen LogP contribution in [0, 0.1) is 0 Å². The maximum absolute atomic E-state index is 12.5. The fraction of sp³-hybridized carbons (Fsp3) is 0.286. The number of para-hydroxylation sites is 2. The summed E-state index contributed by atoms with van der Waals surface area (Å²) in [5.41, 5.74) is 2.99. The number of rotatable bonds is 7. The normalized spacial score (nSPS) is 14.9. The molecule has 4 rings (SSSR count). The molecule has 1 heterocycles. The molecule has 0 unspecified atom stereocenters. The highest BCUT2D eigenvalue weighted by Gasteiger charge is 2.26. The molecular weight excluding hydrogens is 372 g/mol. The molecule has 29 heavy (non-hydrogen) atoms. The van der Waals surface area contributed by atoms with Crippen molar-refractivity contribution in [2.75, 3.05) is 20.8 Å². The maximum Gasteiger partial charge on any atom is 0.258 e. The van der Waals surface area contributed by atoms with Crippen LogP contribution in [0.5, 0.6) is 17.2 Å². The number of hydrogen-bond donors (Lipinski definition) is 1. The molecule has 1 amide bonds. The molecule has 1 atom stereocenters. The molecule has 1 aliphatic carbocycles. The number of carbonyl (C=O) groups is 1. The third-order valence-electron chi connectivity index (χ3n) is 4.98. The summed E-state index contributed by atoms with van der Waals surface area (Å²) in [6, 6.07) is 11.3. The quantitative estimate of drug-likeness (QED) is 0.662. The maximum atomic E-state index is 12.5. The summed E-state index contributed by atoms with van der Waals surface area (Å²) in [5.74, 6) is 1.76. The lowest BCUT2D eigenvalue weighted by Crippen LogP contribution is -2.31. The van der Waals surface area contributed by atoms with Crippen molar-refractivity contribution in [3.8, 4) is 22.9 Å². The Kier molecular flexibility index (Phi) is 5.33. The van der Waals surface area contributed by atoms with E-state index in [9.17, 15) is 4.79 Å². The van der Waals surface area contributed by atoms with Gasteiger partial charge in [-0.25, -0.2) is 0 Å². The van der Waals surface area contributed by atoms with Crippen LogP contribution in [0.2, 0.25) is 0 Å². The molecule has 0 bridgehead atoms. The molecule has 0 saturated carbocycles. The Labute approximate surface area is 168 Å². The van der Waals surface area contributed by atoms with Crippen molar-refractivity contribution in [3.05, 3.63) is 60.2 Å². The number of nitrogens with one attached hydrogen (secondary N) is 1. The number of nitrogens with zero attached hydrogens (tertiary/aromatic N) is 3. The van der Waals surface area contributed by atoms with Crippen molar-refractivity contribution in [3.63, 3.8) is 0 Å². The Morgan fingerprint density at radius 3 is 2.59 bits per heavy atom. The number of aromatic nitrogens is 3. The molecular formula is C21H22N4O4. The van der Waals surface area contributed by atoms with Gasteiger partial charge in [0.2, 0.25) is 0 Å². The van der Waals surface area contributed by atoms with E-state index in [-0.39, 0.29) is 18.6 Å². The number of aryl methyl sites for hydroxylation is 1. The van der Waals surface area contributed by atoms with E-state index in [0.717, 1.165) is 29.7 Å². The van der Waals surface area contributed by atoms with Crippen molar-refractivity contribution < 1.29 is 19.0 Å². The van der Waals surface area contributed by atoms with E-state index in [1.165, 1.54) is 0 Å². The number of carbonyl (C=O) groups excluding carboxylic acids is 1. The van der Waals surface area contributed by atoms with Crippen LogP contribution >= 0.6 is 0 Å². The molecule has 0 aliphatic heterocycles. The molecule has 0 fully saturated rings. The lowest BCUT2D eigenvalue weighted by Gasteiger charge is -2.17. The first-order chi connectivity index (χ1) is 14.2. The molecule has 1 aliphatic rings. The second-order valence-corrected chi connectivity index (χ2v) is 6.69. The number of fused-ring (bicyclic) bond motifs is 1. The van der Waals surface area contributed by atoms with Gasteiger partial charge in [-0.2, -0.15) is 0 Å². The third-order valence-corrected chi connectivity index (χ3v) is 4.98. The largest absolute Gasteiger partial charge is 0.493 e. The Balaban J connectivity index is 1.43. The van der Waals surface area contributed by atoms with Gasteiger partial charge < -0.3 is 19.5 Å². The number of ether oxygens (including phenoxy) is 3. The van der Waals surface area contributed by atoms with Crippen LogP contribution in [0.3, 0.4) is 0 Å². The van der Waals surface area contributed by atoms with E-state index < -0.39 is 0 Å². The number of methoxy groups -OCH3 is 2. The minimum atomic E-state index is -0.184. The fourth-order valence-electron chi connectivity index (χ4n) is 3.58. The van der Waals surface area contributed by atoms with E-state index in [0.29, 0.717) is 17.2 Å². The average molecular weight is 394 g/mol. The molecule has 0 radical (unpaired) electrons. The molecule has 0 saturated heterocycles. The van der Waals surface area contributed by atoms with Gasteiger partial charge in [-0.1, -0.05) is 12.1 Å². The summed E-state index contributed by atoms with van der Waals surface area (Å²) in [4.78, 5) is 12.5. The highest BCUT2D eigenvalue weighted by molar-refractivity contribution is 5.78. The first-order valence-electron chi connectivity index (χ1n) is 9.30. The SMILES string of the molecule is COc1cc2c(cc1OC)[C@H](NC(=O)COc1ccccc1-n1cnnc1)CC2. The molecule has 150 valence electrons. The van der Waals surface area contributed by atoms with E-state index in [1.54, 1.807) is 31.4 Å². The average Bonchev–Trinajstić information content (AvgIpc) is 3.42. The highest BCUT2D eigenvalue weighted by atomic mass is 16.5. The highest BCUT2D eigenvalue weighted by Crippen LogP contribution is 2.39. The summed E-state index contributed by atoms with van der Waals surface area (Å²) in [7, 11) is 3.22. The number of benzene rings is 2. The van der Waals surface area contributed by atoms with Gasteiger partial charge in [-0.15, -0.1) is 10.2 Å². The van der Waals surface area contributed by atoms with Crippen LogP contribution in [0.25, 0.3) is 5.69 Å². The summed E-state index contributed by atoms with van der Waals surface area (Å²) >= 11 is 0. The summed E-state index contributed by atoms with van der Waals surface area (Å²) in [6.45, 7) is -0.0851. The van der Waals surface area contributed by atoms with Crippen LogP contribution in [-0.4, -0.2) is 41.5 Å². The van der Waals surface area contributed by atoms with Crippen molar-refractivity contribution in [2.45, 2.75) is 18.9 Å². The zero-order valence-electron chi connectivity index (χ0n) is 16.3. The first-order valence-corrected chi connectivity index (χ1v) is 9.30. The summed E-state index contributed by atoms with van der Waals surface area (Å²) in [5, 5.41) is 10.7. The smallest absolute Gasteiger partial charge is 0.258 e. The van der Waals surface area contributed by atoms with Crippen LogP contribution < -0.4 is 19.5 Å². The molecule has 1 N–H and O–H groups in total. The lowest BCUT2D eigenvalue weighted by molar-refractivity contribution is -0.123. The number of hydrogen-bond acceptors (Lipinski definition) is 6. The Bertz CT molecular complexity index is 1000. The van der Waals surface area contributed by atoms with Crippen molar-refractivity contribution >= 4 is 5.91 Å². The molecule has 3 aromatic rings. The minimum absolute atomic E-state index is 0.0750. The topological polar surface area (TPSA) is 87.5 Å². The van der Waals surface area contributed by atoms with Crippen LogP contribution in [0.1, 0.15) is 23.6 Å². The zero-order chi connectivity index (χ0) is 20.2. The lowest BCUT2D eigenvalue weighted by atomic mass is 10.1. The van der Waals surface area contributed by atoms with Gasteiger partial charge in [0.1, 0.15) is 18.4 Å². The van der Waals surface area contributed by atoms with Crippen molar-refractivity contribution in [1.29, 1.82) is 0 Å². The first kappa shape index (κ1) is 18.8. The predicted octanol–water partition coefficient (Wildman–Crippen LogP) is 2.47. The Morgan fingerprint density at radius 2 is 1.83 bits per heavy atom. The van der Waals surface area contributed by atoms with E-state index in [2.05, 4.69) is 15.5 Å². The van der Waals surface area contributed by atoms with Gasteiger partial charge in [0.05, 0.1) is 25.9 Å². The van der Waals surface area contributed by atoms with Gasteiger partial charge in [-0.05, 0) is 48.2 Å². The standard InChI is InChI=1S/C21H22N4O4/c1-27-19-9-14-7-8-16(15(14)10-20(19)28-2)24-21(26)11-29-18-6-4-3-5-17(18)25-12-22-23-13-25/h3-6,9-10,12-13,16H,7-8,11H2,1-2H3,(H,24,26)/t16-/m1/s1. The molecule has 0 spiro atoms. The second kappa shape index (κ2) is 8.22. The van der Waals surface area contributed by atoms with Gasteiger partial charge in [0.15, 0.2) is 18.1 Å². The Morgan fingerprint density at radius 1 is 1.10 bits per heavy atom.